The Balaban J connectivity index is 1.89. The normalized spacial score (nSPS) is 10.3. The highest BCUT2D eigenvalue weighted by molar-refractivity contribution is 5.97. The van der Waals surface area contributed by atoms with E-state index in [0.717, 1.165) is 30.2 Å². The van der Waals surface area contributed by atoms with Gasteiger partial charge < -0.3 is 9.64 Å². The van der Waals surface area contributed by atoms with Gasteiger partial charge in [0.15, 0.2) is 0 Å². The molecule has 0 heterocycles. The molecule has 1 amide bonds. The fourth-order valence-corrected chi connectivity index (χ4v) is 2.99. The molecule has 0 radical (unpaired) electrons. The van der Waals surface area contributed by atoms with Crippen LogP contribution in [0.5, 0.6) is 5.75 Å². The summed E-state index contributed by atoms with van der Waals surface area (Å²) in [5.41, 5.74) is 2.55. The third kappa shape index (κ3) is 4.47. The summed E-state index contributed by atoms with van der Waals surface area (Å²) in [5.74, 6) is 0.529. The van der Waals surface area contributed by atoms with Gasteiger partial charge in [0.1, 0.15) is 5.75 Å². The molecule has 3 aromatic rings. The second-order valence-corrected chi connectivity index (χ2v) is 6.04. The average molecular weight is 360 g/mol. The van der Waals surface area contributed by atoms with Crippen LogP contribution in [0, 0.1) is 0 Å². The minimum Gasteiger partial charge on any atom is -0.410 e. The first-order chi connectivity index (χ1) is 13.2. The molecule has 0 unspecified atom stereocenters. The molecular formula is C23H24N2O2. The largest absolute Gasteiger partial charge is 0.424 e. The quantitative estimate of drug-likeness (QED) is 0.551. The molecule has 0 bridgehead atoms. The Kier molecular flexibility index (Phi) is 6.10. The Morgan fingerprint density at radius 2 is 1.26 bits per heavy atom. The number of para-hydroxylation sites is 2. The molecule has 0 fully saturated rings. The van der Waals surface area contributed by atoms with E-state index in [2.05, 4.69) is 18.7 Å². The molecule has 138 valence electrons. The molecule has 0 saturated carbocycles. The number of hydrogen-bond donors (Lipinski definition) is 0. The molecular weight excluding hydrogens is 336 g/mol. The molecule has 0 aliphatic heterocycles. The van der Waals surface area contributed by atoms with Crippen LogP contribution in [0.4, 0.5) is 21.9 Å². The number of amides is 1. The maximum absolute atomic E-state index is 13.0. The fourth-order valence-electron chi connectivity index (χ4n) is 2.99. The molecule has 3 aromatic carbocycles. The van der Waals surface area contributed by atoms with Crippen LogP contribution in [0.3, 0.4) is 0 Å². The van der Waals surface area contributed by atoms with Crippen LogP contribution < -0.4 is 14.5 Å². The summed E-state index contributed by atoms with van der Waals surface area (Å²) in [6.07, 6.45) is -0.441. The van der Waals surface area contributed by atoms with E-state index < -0.39 is 6.09 Å². The number of carbonyl (C=O) groups is 1. The second-order valence-electron chi connectivity index (χ2n) is 6.04. The highest BCUT2D eigenvalue weighted by Gasteiger charge is 2.20. The van der Waals surface area contributed by atoms with E-state index in [9.17, 15) is 4.79 Å². The van der Waals surface area contributed by atoms with Gasteiger partial charge in [0.2, 0.25) is 0 Å². The van der Waals surface area contributed by atoms with Crippen molar-refractivity contribution < 1.29 is 9.53 Å². The smallest absolute Gasteiger partial charge is 0.410 e. The van der Waals surface area contributed by atoms with Crippen molar-refractivity contribution in [2.75, 3.05) is 22.9 Å². The Morgan fingerprint density at radius 1 is 0.741 bits per heavy atom. The van der Waals surface area contributed by atoms with E-state index >= 15 is 0 Å². The highest BCUT2D eigenvalue weighted by Crippen LogP contribution is 2.28. The Hall–Kier alpha value is -3.27. The maximum atomic E-state index is 13.0. The molecule has 0 saturated heterocycles. The summed E-state index contributed by atoms with van der Waals surface area (Å²) in [4.78, 5) is 16.8. The van der Waals surface area contributed by atoms with Gasteiger partial charge in [-0.1, -0.05) is 42.5 Å². The van der Waals surface area contributed by atoms with E-state index in [4.69, 9.17) is 4.74 Å². The van der Waals surface area contributed by atoms with Crippen LogP contribution in [-0.2, 0) is 0 Å². The van der Waals surface area contributed by atoms with Gasteiger partial charge in [0, 0.05) is 24.8 Å². The molecule has 0 N–H and O–H groups in total. The SMILES string of the molecule is CCN(CC)c1cccc(OC(=O)N(c2ccccc2)c2ccccc2)c1. The van der Waals surface area contributed by atoms with Gasteiger partial charge in [-0.2, -0.15) is 0 Å². The van der Waals surface area contributed by atoms with Crippen LogP contribution in [0.2, 0.25) is 0 Å². The van der Waals surface area contributed by atoms with E-state index in [1.807, 2.05) is 78.9 Å². The van der Waals surface area contributed by atoms with Crippen molar-refractivity contribution in [2.24, 2.45) is 0 Å². The number of ether oxygens (including phenoxy) is 1. The predicted octanol–water partition coefficient (Wildman–Crippen LogP) is 5.87. The van der Waals surface area contributed by atoms with Gasteiger partial charge >= 0.3 is 6.09 Å². The van der Waals surface area contributed by atoms with Gasteiger partial charge in [-0.15, -0.1) is 0 Å². The average Bonchev–Trinajstić information content (AvgIpc) is 2.71. The molecule has 4 nitrogen and oxygen atoms in total. The van der Waals surface area contributed by atoms with Crippen LogP contribution in [0.15, 0.2) is 84.9 Å². The number of anilines is 3. The second kappa shape index (κ2) is 8.90. The van der Waals surface area contributed by atoms with Crippen LogP contribution >= 0.6 is 0 Å². The first-order valence-corrected chi connectivity index (χ1v) is 9.20. The zero-order valence-corrected chi connectivity index (χ0v) is 15.7. The Labute approximate surface area is 160 Å². The standard InChI is InChI=1S/C23H24N2O2/c1-3-24(4-2)21-16-11-17-22(18-21)27-23(26)25(19-12-7-5-8-13-19)20-14-9-6-10-15-20/h5-18H,3-4H2,1-2H3. The third-order valence-electron chi connectivity index (χ3n) is 4.36. The summed E-state index contributed by atoms with van der Waals surface area (Å²) in [6.45, 7) is 6.01. The van der Waals surface area contributed by atoms with Crippen molar-refractivity contribution in [1.29, 1.82) is 0 Å². The monoisotopic (exact) mass is 360 g/mol. The van der Waals surface area contributed by atoms with Gasteiger partial charge in [-0.05, 0) is 50.2 Å². The lowest BCUT2D eigenvalue weighted by Gasteiger charge is -2.24. The molecule has 0 aliphatic carbocycles. The Bertz CT molecular complexity index is 822. The minimum absolute atomic E-state index is 0.441. The first-order valence-electron chi connectivity index (χ1n) is 9.20. The minimum atomic E-state index is -0.441. The van der Waals surface area contributed by atoms with E-state index in [-0.39, 0.29) is 0 Å². The number of benzene rings is 3. The van der Waals surface area contributed by atoms with Gasteiger partial charge in [-0.3, -0.25) is 0 Å². The topological polar surface area (TPSA) is 32.8 Å². The third-order valence-corrected chi connectivity index (χ3v) is 4.36. The van der Waals surface area contributed by atoms with Gasteiger partial charge in [0.25, 0.3) is 0 Å². The Morgan fingerprint density at radius 3 is 1.78 bits per heavy atom. The summed E-state index contributed by atoms with van der Waals surface area (Å²) in [5, 5.41) is 0. The maximum Gasteiger partial charge on any atom is 0.424 e. The van der Waals surface area contributed by atoms with Crippen molar-refractivity contribution in [3.8, 4) is 5.75 Å². The first kappa shape index (κ1) is 18.5. The molecule has 0 aromatic heterocycles. The molecule has 0 atom stereocenters. The van der Waals surface area contributed by atoms with Crippen molar-refractivity contribution in [1.82, 2.24) is 0 Å². The van der Waals surface area contributed by atoms with Crippen molar-refractivity contribution in [3.05, 3.63) is 84.9 Å². The lowest BCUT2D eigenvalue weighted by atomic mass is 10.2. The predicted molar refractivity (Wildman–Crippen MR) is 111 cm³/mol. The zero-order chi connectivity index (χ0) is 19.1. The highest BCUT2D eigenvalue weighted by atomic mass is 16.6. The number of carbonyl (C=O) groups excluding carboxylic acids is 1. The molecule has 3 rings (SSSR count). The van der Waals surface area contributed by atoms with Gasteiger partial charge in [0.05, 0.1) is 11.4 Å². The van der Waals surface area contributed by atoms with Crippen molar-refractivity contribution in [3.63, 3.8) is 0 Å². The van der Waals surface area contributed by atoms with E-state index in [1.165, 1.54) is 0 Å². The summed E-state index contributed by atoms with van der Waals surface area (Å²) in [7, 11) is 0. The number of hydrogen-bond acceptors (Lipinski definition) is 3. The number of rotatable bonds is 6. The van der Waals surface area contributed by atoms with Crippen molar-refractivity contribution in [2.45, 2.75) is 13.8 Å². The van der Waals surface area contributed by atoms with Gasteiger partial charge in [-0.25, -0.2) is 9.69 Å². The van der Waals surface area contributed by atoms with Crippen LogP contribution in [-0.4, -0.2) is 19.2 Å². The van der Waals surface area contributed by atoms with Crippen LogP contribution in [0.1, 0.15) is 13.8 Å². The lowest BCUT2D eigenvalue weighted by Crippen LogP contribution is -2.29. The van der Waals surface area contributed by atoms with Crippen molar-refractivity contribution >= 4 is 23.2 Å². The molecule has 0 aliphatic rings. The zero-order valence-electron chi connectivity index (χ0n) is 15.7. The van der Waals surface area contributed by atoms with Crippen LogP contribution in [0.25, 0.3) is 0 Å². The van der Waals surface area contributed by atoms with E-state index in [0.29, 0.717) is 5.75 Å². The number of nitrogens with zero attached hydrogens (tertiary/aromatic N) is 2. The fraction of sp³-hybridized carbons (Fsp3) is 0.174. The molecule has 4 heteroatoms. The summed E-state index contributed by atoms with van der Waals surface area (Å²) >= 11 is 0. The summed E-state index contributed by atoms with van der Waals surface area (Å²) < 4.78 is 5.73. The summed E-state index contributed by atoms with van der Waals surface area (Å²) in [6, 6.07) is 26.7. The molecule has 0 spiro atoms. The lowest BCUT2D eigenvalue weighted by molar-refractivity contribution is 0.210. The molecule has 27 heavy (non-hydrogen) atoms. The van der Waals surface area contributed by atoms with E-state index in [1.54, 1.807) is 11.0 Å².